The lowest BCUT2D eigenvalue weighted by atomic mass is 9.99. The van der Waals surface area contributed by atoms with Crippen LogP contribution in [0.2, 0.25) is 0 Å². The smallest absolute Gasteiger partial charge is 0.318 e. The maximum atomic E-state index is 13.2. The Labute approximate surface area is 216 Å². The van der Waals surface area contributed by atoms with Crippen LogP contribution in [0.5, 0.6) is 0 Å². The molecule has 4 rings (SSSR count). The van der Waals surface area contributed by atoms with Crippen molar-refractivity contribution >= 4 is 23.3 Å². The SMILES string of the molecule is C[C@H](CCc1ncccc1C(N)=O)N1CCC(N(Cc2ccsc2)C(=O)NCc2cn(C)cn2)CC1. The standard InChI is InChI=1S/C26H35N7O2S/c1-19(5-6-24-23(25(27)34)4-3-10-28-24)32-11-7-22(8-12-32)33(15-20-9-13-36-17-20)26(35)29-14-21-16-31(2)18-30-21/h3-4,9-10,13,16-19,22H,5-8,11-12,14-15H2,1-2H3,(H2,27,34)(H,29,35)/t19-/m1/s1. The molecule has 3 amide bonds. The number of nitrogens with two attached hydrogens (primary N) is 1. The average Bonchev–Trinajstić information content (AvgIpc) is 3.56. The number of pyridine rings is 1. The number of nitrogens with zero attached hydrogens (tertiary/aromatic N) is 5. The van der Waals surface area contributed by atoms with E-state index in [0.717, 1.165) is 49.3 Å². The summed E-state index contributed by atoms with van der Waals surface area (Å²) in [7, 11) is 1.92. The third-order valence-corrected chi connectivity index (χ3v) is 7.62. The maximum absolute atomic E-state index is 13.2. The molecule has 0 spiro atoms. The van der Waals surface area contributed by atoms with Crippen molar-refractivity contribution in [2.45, 2.75) is 57.8 Å². The summed E-state index contributed by atoms with van der Waals surface area (Å²) < 4.78 is 1.88. The molecule has 0 bridgehead atoms. The van der Waals surface area contributed by atoms with Crippen LogP contribution in [0.4, 0.5) is 4.79 Å². The number of likely N-dealkylation sites (tertiary alicyclic amines) is 1. The van der Waals surface area contributed by atoms with Crippen LogP contribution in [0, 0.1) is 0 Å². The van der Waals surface area contributed by atoms with Crippen LogP contribution >= 0.6 is 11.3 Å². The first-order chi connectivity index (χ1) is 17.4. The number of urea groups is 1. The van der Waals surface area contributed by atoms with Gasteiger partial charge in [-0.15, -0.1) is 0 Å². The molecule has 3 aromatic rings. The van der Waals surface area contributed by atoms with E-state index in [1.54, 1.807) is 36.0 Å². The second-order valence-corrected chi connectivity index (χ2v) is 10.2. The number of piperidine rings is 1. The number of primary amides is 1. The van der Waals surface area contributed by atoms with E-state index in [-0.39, 0.29) is 12.1 Å². The number of nitrogens with one attached hydrogen (secondary N) is 1. The summed E-state index contributed by atoms with van der Waals surface area (Å²) in [4.78, 5) is 38.1. The molecule has 9 nitrogen and oxygen atoms in total. The lowest BCUT2D eigenvalue weighted by molar-refractivity contribution is 0.0942. The minimum atomic E-state index is -0.432. The normalized spacial score (nSPS) is 15.5. The van der Waals surface area contributed by atoms with Crippen LogP contribution < -0.4 is 11.1 Å². The van der Waals surface area contributed by atoms with Gasteiger partial charge in [-0.3, -0.25) is 9.78 Å². The molecule has 1 fully saturated rings. The van der Waals surface area contributed by atoms with Gasteiger partial charge in [-0.1, -0.05) is 0 Å². The Morgan fingerprint density at radius 2 is 2.08 bits per heavy atom. The number of carbonyl (C=O) groups is 2. The van der Waals surface area contributed by atoms with E-state index < -0.39 is 5.91 Å². The first kappa shape index (κ1) is 25.8. The highest BCUT2D eigenvalue weighted by Crippen LogP contribution is 2.23. The molecule has 0 unspecified atom stereocenters. The van der Waals surface area contributed by atoms with Crippen LogP contribution in [-0.4, -0.2) is 61.4 Å². The molecule has 192 valence electrons. The Balaban J connectivity index is 1.33. The third kappa shape index (κ3) is 6.70. The lowest BCUT2D eigenvalue weighted by Crippen LogP contribution is -2.51. The number of rotatable bonds is 10. The summed E-state index contributed by atoms with van der Waals surface area (Å²) >= 11 is 1.65. The van der Waals surface area contributed by atoms with Gasteiger partial charge in [0.15, 0.2) is 0 Å². The zero-order chi connectivity index (χ0) is 25.5. The van der Waals surface area contributed by atoms with Gasteiger partial charge in [-0.25, -0.2) is 9.78 Å². The first-order valence-corrected chi connectivity index (χ1v) is 13.3. The van der Waals surface area contributed by atoms with Gasteiger partial charge in [0.05, 0.1) is 29.8 Å². The average molecular weight is 510 g/mol. The Kier molecular flexibility index (Phi) is 8.71. The molecule has 36 heavy (non-hydrogen) atoms. The van der Waals surface area contributed by atoms with Crippen molar-refractivity contribution in [3.05, 3.63) is 70.2 Å². The van der Waals surface area contributed by atoms with Crippen molar-refractivity contribution in [2.75, 3.05) is 13.1 Å². The topological polar surface area (TPSA) is 109 Å². The number of carbonyl (C=O) groups excluding carboxylic acids is 2. The predicted octanol–water partition coefficient (Wildman–Crippen LogP) is 3.17. The Morgan fingerprint density at radius 1 is 1.28 bits per heavy atom. The van der Waals surface area contributed by atoms with Crippen molar-refractivity contribution < 1.29 is 9.59 Å². The molecule has 1 saturated heterocycles. The maximum Gasteiger partial charge on any atom is 0.318 e. The fourth-order valence-electron chi connectivity index (χ4n) is 4.80. The predicted molar refractivity (Wildman–Crippen MR) is 140 cm³/mol. The van der Waals surface area contributed by atoms with Gasteiger partial charge >= 0.3 is 6.03 Å². The van der Waals surface area contributed by atoms with Crippen molar-refractivity contribution in [1.29, 1.82) is 0 Å². The quantitative estimate of drug-likeness (QED) is 0.436. The number of hydrogen-bond acceptors (Lipinski definition) is 6. The molecule has 0 aliphatic carbocycles. The van der Waals surface area contributed by atoms with Gasteiger partial charge in [0.2, 0.25) is 0 Å². The van der Waals surface area contributed by atoms with E-state index >= 15 is 0 Å². The minimum absolute atomic E-state index is 0.0486. The highest BCUT2D eigenvalue weighted by molar-refractivity contribution is 7.07. The molecule has 3 aromatic heterocycles. The van der Waals surface area contributed by atoms with Crippen molar-refractivity contribution in [2.24, 2.45) is 12.8 Å². The van der Waals surface area contributed by atoms with Crippen molar-refractivity contribution in [3.8, 4) is 0 Å². The number of aryl methyl sites for hydroxylation is 2. The molecule has 1 aliphatic rings. The zero-order valence-electron chi connectivity index (χ0n) is 21.0. The Hall–Kier alpha value is -3.24. The zero-order valence-corrected chi connectivity index (χ0v) is 21.8. The van der Waals surface area contributed by atoms with E-state index in [9.17, 15) is 9.59 Å². The molecular weight excluding hydrogens is 474 g/mol. The second-order valence-electron chi connectivity index (χ2n) is 9.47. The van der Waals surface area contributed by atoms with Crippen LogP contribution in [0.15, 0.2) is 47.7 Å². The number of thiophene rings is 1. The van der Waals surface area contributed by atoms with E-state index in [1.165, 1.54) is 0 Å². The van der Waals surface area contributed by atoms with Crippen molar-refractivity contribution in [3.63, 3.8) is 0 Å². The summed E-state index contributed by atoms with van der Waals surface area (Å²) in [6.07, 6.45) is 8.80. The molecule has 3 N–H and O–H groups in total. The summed E-state index contributed by atoms with van der Waals surface area (Å²) in [5, 5.41) is 7.22. The number of hydrogen-bond donors (Lipinski definition) is 2. The van der Waals surface area contributed by atoms with E-state index in [1.807, 2.05) is 22.7 Å². The van der Waals surface area contributed by atoms with Gasteiger partial charge < -0.3 is 25.4 Å². The van der Waals surface area contributed by atoms with E-state index in [0.29, 0.717) is 31.1 Å². The fourth-order valence-corrected chi connectivity index (χ4v) is 5.46. The summed E-state index contributed by atoms with van der Waals surface area (Å²) in [6.45, 7) is 5.08. The lowest BCUT2D eigenvalue weighted by Gasteiger charge is -2.40. The summed E-state index contributed by atoms with van der Waals surface area (Å²) in [6, 6.07) is 6.03. The van der Waals surface area contributed by atoms with Crippen LogP contribution in [-0.2, 0) is 26.6 Å². The van der Waals surface area contributed by atoms with E-state index in [4.69, 9.17) is 5.73 Å². The van der Waals surface area contributed by atoms with Crippen LogP contribution in [0.1, 0.15) is 53.5 Å². The van der Waals surface area contributed by atoms with Gasteiger partial charge in [0, 0.05) is 51.2 Å². The van der Waals surface area contributed by atoms with Crippen LogP contribution in [0.3, 0.4) is 0 Å². The molecule has 4 heterocycles. The highest BCUT2D eigenvalue weighted by Gasteiger charge is 2.30. The van der Waals surface area contributed by atoms with E-state index in [2.05, 4.69) is 43.9 Å². The molecule has 0 radical (unpaired) electrons. The third-order valence-electron chi connectivity index (χ3n) is 6.89. The molecule has 0 aromatic carbocycles. The molecule has 0 saturated carbocycles. The number of aromatic nitrogens is 3. The van der Waals surface area contributed by atoms with Gasteiger partial charge in [-0.2, -0.15) is 11.3 Å². The highest BCUT2D eigenvalue weighted by atomic mass is 32.1. The fraction of sp³-hybridized carbons (Fsp3) is 0.462. The van der Waals surface area contributed by atoms with Gasteiger partial charge in [0.25, 0.3) is 5.91 Å². The van der Waals surface area contributed by atoms with Gasteiger partial charge in [0.1, 0.15) is 0 Å². The number of amides is 3. The molecule has 1 aliphatic heterocycles. The second kappa shape index (κ2) is 12.1. The minimum Gasteiger partial charge on any atom is -0.366 e. The molecule has 10 heteroatoms. The molecule has 1 atom stereocenters. The summed E-state index contributed by atoms with van der Waals surface area (Å²) in [5.74, 6) is -0.432. The Morgan fingerprint density at radius 3 is 2.75 bits per heavy atom. The first-order valence-electron chi connectivity index (χ1n) is 12.4. The van der Waals surface area contributed by atoms with Crippen molar-refractivity contribution in [1.82, 2.24) is 29.7 Å². The monoisotopic (exact) mass is 509 g/mol. The number of imidazole rings is 1. The Bertz CT molecular complexity index is 1140. The van der Waals surface area contributed by atoms with Crippen LogP contribution in [0.25, 0.3) is 0 Å². The summed E-state index contributed by atoms with van der Waals surface area (Å²) in [5.41, 5.74) is 8.77. The van der Waals surface area contributed by atoms with Gasteiger partial charge in [-0.05, 0) is 67.1 Å². The molecular formula is C26H35N7O2S. The largest absolute Gasteiger partial charge is 0.366 e.